The Morgan fingerprint density at radius 1 is 0.368 bits per heavy atom. The third-order valence-corrected chi connectivity index (χ3v) is 12.9. The Kier molecular flexibility index (Phi) is 7.17. The summed E-state index contributed by atoms with van der Waals surface area (Å²) in [5.74, 6) is 2.46. The minimum atomic E-state index is 0.581. The number of furan rings is 1. The van der Waals surface area contributed by atoms with Gasteiger partial charge in [-0.1, -0.05) is 115 Å². The zero-order chi connectivity index (χ0) is 37.5. The van der Waals surface area contributed by atoms with Crippen LogP contribution in [0.2, 0.25) is 0 Å². The van der Waals surface area contributed by atoms with Crippen molar-refractivity contribution in [3.8, 4) is 56.8 Å². The van der Waals surface area contributed by atoms with Crippen LogP contribution >= 0.6 is 22.7 Å². The van der Waals surface area contributed by atoms with Gasteiger partial charge < -0.3 is 4.42 Å². The molecule has 0 saturated heterocycles. The molecule has 0 spiro atoms. The van der Waals surface area contributed by atoms with Crippen molar-refractivity contribution in [2.75, 3.05) is 0 Å². The molecule has 0 N–H and O–H groups in total. The van der Waals surface area contributed by atoms with Crippen molar-refractivity contribution in [2.45, 2.75) is 0 Å². The molecule has 0 unspecified atom stereocenters. The molecule has 266 valence electrons. The molecule has 0 radical (unpaired) electrons. The summed E-state index contributed by atoms with van der Waals surface area (Å²) in [6.07, 6.45) is 0. The first-order valence-electron chi connectivity index (χ1n) is 18.7. The number of hydrogen-bond acceptors (Lipinski definition) is 8. The van der Waals surface area contributed by atoms with E-state index in [1.165, 1.54) is 24.9 Å². The number of rotatable bonds is 5. The second-order valence-corrected chi connectivity index (χ2v) is 16.1. The number of fused-ring (bicyclic) bond motifs is 9. The van der Waals surface area contributed by atoms with Crippen molar-refractivity contribution in [1.29, 1.82) is 0 Å². The minimum Gasteiger partial charge on any atom is -0.456 e. The van der Waals surface area contributed by atoms with E-state index in [4.69, 9.17) is 29.3 Å². The molecular weight excluding hydrogens is 739 g/mol. The Bertz CT molecular complexity index is 3540. The highest BCUT2D eigenvalue weighted by atomic mass is 32.1. The van der Waals surface area contributed by atoms with Gasteiger partial charge in [0.1, 0.15) is 11.2 Å². The predicted octanol–water partition coefficient (Wildman–Crippen LogP) is 13.6. The average Bonchev–Trinajstić information content (AvgIpc) is 3.97. The second kappa shape index (κ2) is 12.7. The van der Waals surface area contributed by atoms with Crippen molar-refractivity contribution >= 4 is 85.1 Å². The summed E-state index contributed by atoms with van der Waals surface area (Å²) in [5.41, 5.74) is 8.03. The first kappa shape index (κ1) is 32.1. The fourth-order valence-electron chi connectivity index (χ4n) is 7.87. The number of thiophene rings is 2. The van der Waals surface area contributed by atoms with Crippen LogP contribution in [-0.4, -0.2) is 24.9 Å². The second-order valence-electron chi connectivity index (χ2n) is 14.0. The van der Waals surface area contributed by atoms with Gasteiger partial charge in [-0.2, -0.15) is 0 Å². The molecule has 57 heavy (non-hydrogen) atoms. The molecule has 0 aliphatic rings. The van der Waals surface area contributed by atoms with Gasteiger partial charge >= 0.3 is 0 Å². The van der Waals surface area contributed by atoms with Gasteiger partial charge in [0, 0.05) is 68.8 Å². The first-order valence-corrected chi connectivity index (χ1v) is 20.3. The number of nitrogens with zero attached hydrogens (tertiary/aromatic N) is 5. The topological polar surface area (TPSA) is 77.6 Å². The van der Waals surface area contributed by atoms with E-state index >= 15 is 0 Å². The maximum atomic E-state index is 6.62. The third kappa shape index (κ3) is 5.26. The predicted molar refractivity (Wildman–Crippen MR) is 236 cm³/mol. The van der Waals surface area contributed by atoms with E-state index < -0.39 is 0 Å². The zero-order valence-corrected chi connectivity index (χ0v) is 31.7. The van der Waals surface area contributed by atoms with Crippen LogP contribution in [0.25, 0.3) is 119 Å². The molecule has 12 rings (SSSR count). The third-order valence-electron chi connectivity index (χ3n) is 10.6. The SMILES string of the molecule is c1ccc(-c2nc(-c3ccc4sc5ccccc5c4c3)nc(-c3cccc4oc5cc(-c6nc(-c7ccccc7)c7sc8ccccc8c7n6)ccc5c34)n2)cc1. The lowest BCUT2D eigenvalue weighted by atomic mass is 10.0. The Morgan fingerprint density at radius 3 is 1.82 bits per heavy atom. The van der Waals surface area contributed by atoms with Crippen LogP contribution < -0.4 is 0 Å². The zero-order valence-electron chi connectivity index (χ0n) is 30.0. The average molecular weight is 766 g/mol. The molecule has 8 heteroatoms. The van der Waals surface area contributed by atoms with Gasteiger partial charge in [0.15, 0.2) is 23.3 Å². The molecule has 7 aromatic carbocycles. The minimum absolute atomic E-state index is 0.581. The summed E-state index contributed by atoms with van der Waals surface area (Å²) < 4.78 is 11.4. The van der Waals surface area contributed by atoms with Crippen molar-refractivity contribution in [3.05, 3.63) is 164 Å². The molecule has 0 atom stereocenters. The summed E-state index contributed by atoms with van der Waals surface area (Å²) in [7, 11) is 0. The molecule has 0 aliphatic carbocycles. The molecular formula is C49H27N5OS2. The molecule has 0 amide bonds. The Hall–Kier alpha value is -7.13. The normalized spacial score (nSPS) is 11.9. The van der Waals surface area contributed by atoms with Gasteiger partial charge in [0.05, 0.1) is 15.9 Å². The fraction of sp³-hybridized carbons (Fsp3) is 0. The van der Waals surface area contributed by atoms with Crippen LogP contribution in [0.4, 0.5) is 0 Å². The van der Waals surface area contributed by atoms with Gasteiger partial charge in [-0.15, -0.1) is 22.7 Å². The van der Waals surface area contributed by atoms with Gasteiger partial charge in [-0.25, -0.2) is 24.9 Å². The Morgan fingerprint density at radius 2 is 1.00 bits per heavy atom. The lowest BCUT2D eigenvalue weighted by molar-refractivity contribution is 0.669. The highest BCUT2D eigenvalue weighted by Gasteiger charge is 2.21. The van der Waals surface area contributed by atoms with E-state index in [0.717, 1.165) is 71.1 Å². The number of hydrogen-bond donors (Lipinski definition) is 0. The van der Waals surface area contributed by atoms with Crippen LogP contribution in [-0.2, 0) is 0 Å². The van der Waals surface area contributed by atoms with Crippen molar-refractivity contribution in [2.24, 2.45) is 0 Å². The van der Waals surface area contributed by atoms with Gasteiger partial charge in [0.2, 0.25) is 0 Å². The van der Waals surface area contributed by atoms with Crippen molar-refractivity contribution in [3.63, 3.8) is 0 Å². The summed E-state index contributed by atoms with van der Waals surface area (Å²) in [6.45, 7) is 0. The largest absolute Gasteiger partial charge is 0.456 e. The smallest absolute Gasteiger partial charge is 0.164 e. The van der Waals surface area contributed by atoms with Gasteiger partial charge in [-0.05, 0) is 48.5 Å². The number of aromatic nitrogens is 5. The van der Waals surface area contributed by atoms with Gasteiger partial charge in [-0.3, -0.25) is 0 Å². The maximum Gasteiger partial charge on any atom is 0.164 e. The van der Waals surface area contributed by atoms with Crippen LogP contribution in [0.15, 0.2) is 168 Å². The van der Waals surface area contributed by atoms with E-state index in [-0.39, 0.29) is 0 Å². The maximum absolute atomic E-state index is 6.62. The molecule has 0 bridgehead atoms. The summed E-state index contributed by atoms with van der Waals surface area (Å²) >= 11 is 3.53. The first-order chi connectivity index (χ1) is 28.2. The highest BCUT2D eigenvalue weighted by Crippen LogP contribution is 2.42. The number of benzene rings is 7. The van der Waals surface area contributed by atoms with E-state index in [2.05, 4.69) is 115 Å². The molecule has 0 aliphatic heterocycles. The van der Waals surface area contributed by atoms with E-state index in [9.17, 15) is 0 Å². The standard InChI is InChI=1S/C49H27N5OS2/c1-3-12-28(13-4-1)43-45-44(34-17-8-10-21-40(34)57-45)51-47(50-43)31-22-24-33-38(27-31)55-37-19-11-18-35(42(33)37)49-53-46(29-14-5-2-6-15-29)52-48(54-49)30-23-25-41-36(26-30)32-16-7-9-20-39(32)56-41/h1-27H. The molecule has 5 heterocycles. The Labute approximate surface area is 333 Å². The van der Waals surface area contributed by atoms with E-state index in [1.807, 2.05) is 48.5 Å². The van der Waals surface area contributed by atoms with Crippen LogP contribution in [0.3, 0.4) is 0 Å². The van der Waals surface area contributed by atoms with Crippen molar-refractivity contribution in [1.82, 2.24) is 24.9 Å². The van der Waals surface area contributed by atoms with Crippen LogP contribution in [0.5, 0.6) is 0 Å². The molecule has 0 fully saturated rings. The van der Waals surface area contributed by atoms with Crippen molar-refractivity contribution < 1.29 is 4.42 Å². The molecule has 6 nitrogen and oxygen atoms in total. The monoisotopic (exact) mass is 765 g/mol. The highest BCUT2D eigenvalue weighted by molar-refractivity contribution is 7.26. The summed E-state index contributed by atoms with van der Waals surface area (Å²) in [5, 5.41) is 5.46. The molecule has 12 aromatic rings. The van der Waals surface area contributed by atoms with Crippen LogP contribution in [0, 0.1) is 0 Å². The lowest BCUT2D eigenvalue weighted by Gasteiger charge is -2.09. The van der Waals surface area contributed by atoms with E-state index in [1.54, 1.807) is 22.7 Å². The summed E-state index contributed by atoms with van der Waals surface area (Å²) in [6, 6.07) is 56.2. The quantitative estimate of drug-likeness (QED) is 0.174. The summed E-state index contributed by atoms with van der Waals surface area (Å²) in [4.78, 5) is 25.7. The molecule has 5 aromatic heterocycles. The Balaban J connectivity index is 1.03. The van der Waals surface area contributed by atoms with Crippen LogP contribution in [0.1, 0.15) is 0 Å². The van der Waals surface area contributed by atoms with E-state index in [0.29, 0.717) is 23.3 Å². The fourth-order valence-corrected chi connectivity index (χ4v) is 10.1. The van der Waals surface area contributed by atoms with Gasteiger partial charge in [0.25, 0.3) is 0 Å². The lowest BCUT2D eigenvalue weighted by Crippen LogP contribution is -2.00. The molecule has 0 saturated carbocycles.